The standard InChI is InChI=1S/C24H28N2O/c1-27-24-11-10-23-21(12-15-25-23)22(24)9-5-6-16-26-17-13-20(14-18-26)19-7-3-2-4-8-19/h2-4,7-8,10-13,15,25H,5-6,9,14,16-18H2,1H3. The van der Waals surface area contributed by atoms with Crippen molar-refractivity contribution in [2.45, 2.75) is 25.7 Å². The van der Waals surface area contributed by atoms with Crippen LogP contribution in [0.2, 0.25) is 0 Å². The summed E-state index contributed by atoms with van der Waals surface area (Å²) < 4.78 is 5.59. The van der Waals surface area contributed by atoms with Crippen LogP contribution in [0.1, 0.15) is 30.4 Å². The number of hydrogen-bond donors (Lipinski definition) is 1. The molecule has 0 radical (unpaired) electrons. The molecular weight excluding hydrogens is 332 g/mol. The summed E-state index contributed by atoms with van der Waals surface area (Å²) in [6.45, 7) is 3.41. The van der Waals surface area contributed by atoms with Crippen LogP contribution in [0.5, 0.6) is 5.75 Å². The van der Waals surface area contributed by atoms with E-state index in [-0.39, 0.29) is 0 Å². The Morgan fingerprint density at radius 1 is 1.04 bits per heavy atom. The lowest BCUT2D eigenvalue weighted by molar-refractivity contribution is 0.295. The Balaban J connectivity index is 1.29. The molecule has 0 aliphatic carbocycles. The second kappa shape index (κ2) is 8.45. The van der Waals surface area contributed by atoms with E-state index in [0.29, 0.717) is 0 Å². The predicted octanol–water partition coefficient (Wildman–Crippen LogP) is 5.29. The summed E-state index contributed by atoms with van der Waals surface area (Å²) >= 11 is 0. The Morgan fingerprint density at radius 3 is 2.70 bits per heavy atom. The van der Waals surface area contributed by atoms with E-state index in [2.05, 4.69) is 64.5 Å². The Bertz CT molecular complexity index is 911. The third-order valence-electron chi connectivity index (χ3n) is 5.61. The molecule has 3 nitrogen and oxygen atoms in total. The first-order valence-corrected chi connectivity index (χ1v) is 9.95. The van der Waals surface area contributed by atoms with Crippen molar-refractivity contribution in [3.05, 3.63) is 71.9 Å². The number of unbranched alkanes of at least 4 members (excludes halogenated alkanes) is 1. The first kappa shape index (κ1) is 17.9. The molecule has 4 rings (SSSR count). The van der Waals surface area contributed by atoms with Gasteiger partial charge in [0.25, 0.3) is 0 Å². The molecule has 140 valence electrons. The largest absolute Gasteiger partial charge is 0.496 e. The van der Waals surface area contributed by atoms with Crippen molar-refractivity contribution in [3.63, 3.8) is 0 Å². The number of aromatic nitrogens is 1. The zero-order valence-electron chi connectivity index (χ0n) is 16.1. The molecular formula is C24H28N2O. The van der Waals surface area contributed by atoms with Crippen molar-refractivity contribution < 1.29 is 4.74 Å². The molecule has 0 bridgehead atoms. The van der Waals surface area contributed by atoms with Crippen LogP contribution in [0.4, 0.5) is 0 Å². The van der Waals surface area contributed by atoms with Gasteiger partial charge in [-0.2, -0.15) is 0 Å². The molecule has 0 unspecified atom stereocenters. The molecule has 0 saturated carbocycles. The van der Waals surface area contributed by atoms with Gasteiger partial charge in [-0.1, -0.05) is 36.4 Å². The fourth-order valence-corrected chi connectivity index (χ4v) is 4.09. The highest BCUT2D eigenvalue weighted by Crippen LogP contribution is 2.29. The number of ether oxygens (including phenoxy) is 1. The van der Waals surface area contributed by atoms with Crippen molar-refractivity contribution in [1.29, 1.82) is 0 Å². The Kier molecular flexibility index (Phi) is 5.59. The van der Waals surface area contributed by atoms with Crippen molar-refractivity contribution in [1.82, 2.24) is 9.88 Å². The van der Waals surface area contributed by atoms with Gasteiger partial charge < -0.3 is 9.72 Å². The SMILES string of the molecule is COc1ccc2[nH]ccc2c1CCCCN1CC=C(c2ccccc2)CC1. The van der Waals surface area contributed by atoms with Gasteiger partial charge in [0.1, 0.15) is 5.75 Å². The summed E-state index contributed by atoms with van der Waals surface area (Å²) in [5.41, 5.74) is 5.40. The number of aromatic amines is 1. The Hall–Kier alpha value is -2.52. The van der Waals surface area contributed by atoms with Gasteiger partial charge in [-0.3, -0.25) is 4.90 Å². The maximum Gasteiger partial charge on any atom is 0.122 e. The minimum Gasteiger partial charge on any atom is -0.496 e. The Morgan fingerprint density at radius 2 is 1.93 bits per heavy atom. The second-order valence-corrected chi connectivity index (χ2v) is 7.29. The van der Waals surface area contributed by atoms with Crippen molar-refractivity contribution in [3.8, 4) is 5.75 Å². The van der Waals surface area contributed by atoms with Gasteiger partial charge in [-0.25, -0.2) is 0 Å². The van der Waals surface area contributed by atoms with E-state index in [1.54, 1.807) is 7.11 Å². The average Bonchev–Trinajstić information content (AvgIpc) is 3.21. The topological polar surface area (TPSA) is 28.3 Å². The number of nitrogens with zero attached hydrogens (tertiary/aromatic N) is 1. The first-order valence-electron chi connectivity index (χ1n) is 9.95. The summed E-state index contributed by atoms with van der Waals surface area (Å²) in [6, 6.07) is 17.1. The number of methoxy groups -OCH3 is 1. The molecule has 3 heteroatoms. The molecule has 2 aromatic carbocycles. The molecule has 1 aromatic heterocycles. The third kappa shape index (κ3) is 4.09. The quantitative estimate of drug-likeness (QED) is 0.580. The zero-order chi connectivity index (χ0) is 18.5. The average molecular weight is 361 g/mol. The van der Waals surface area contributed by atoms with Gasteiger partial charge in [0.05, 0.1) is 7.11 Å². The zero-order valence-corrected chi connectivity index (χ0v) is 16.1. The maximum absolute atomic E-state index is 5.59. The summed E-state index contributed by atoms with van der Waals surface area (Å²) in [7, 11) is 1.77. The molecule has 2 heterocycles. The van der Waals surface area contributed by atoms with Crippen LogP contribution in [-0.4, -0.2) is 36.6 Å². The summed E-state index contributed by atoms with van der Waals surface area (Å²) in [6.07, 6.45) is 9.04. The van der Waals surface area contributed by atoms with E-state index in [9.17, 15) is 0 Å². The number of rotatable bonds is 7. The fraction of sp³-hybridized carbons (Fsp3) is 0.333. The summed E-state index contributed by atoms with van der Waals surface area (Å²) in [5.74, 6) is 1.01. The number of nitrogens with one attached hydrogen (secondary N) is 1. The second-order valence-electron chi connectivity index (χ2n) is 7.29. The Labute approximate surface area is 161 Å². The van der Waals surface area contributed by atoms with Crippen LogP contribution in [0, 0.1) is 0 Å². The smallest absolute Gasteiger partial charge is 0.122 e. The van der Waals surface area contributed by atoms with E-state index >= 15 is 0 Å². The van der Waals surface area contributed by atoms with Crippen LogP contribution in [0.15, 0.2) is 60.8 Å². The molecule has 0 spiro atoms. The summed E-state index contributed by atoms with van der Waals surface area (Å²) in [5, 5.41) is 1.29. The molecule has 27 heavy (non-hydrogen) atoms. The lowest BCUT2D eigenvalue weighted by atomic mass is 9.99. The van der Waals surface area contributed by atoms with E-state index in [1.807, 2.05) is 6.20 Å². The lowest BCUT2D eigenvalue weighted by Gasteiger charge is -2.26. The van der Waals surface area contributed by atoms with Crippen LogP contribution < -0.4 is 4.74 Å². The normalized spacial score (nSPS) is 15.1. The minimum atomic E-state index is 1.01. The third-order valence-corrected chi connectivity index (χ3v) is 5.61. The molecule has 3 aromatic rings. The van der Waals surface area contributed by atoms with E-state index in [1.165, 1.54) is 47.0 Å². The highest BCUT2D eigenvalue weighted by atomic mass is 16.5. The monoisotopic (exact) mass is 360 g/mol. The van der Waals surface area contributed by atoms with Crippen molar-refractivity contribution in [2.75, 3.05) is 26.7 Å². The molecule has 1 aliphatic rings. The van der Waals surface area contributed by atoms with E-state index < -0.39 is 0 Å². The minimum absolute atomic E-state index is 1.01. The maximum atomic E-state index is 5.59. The first-order chi connectivity index (χ1) is 13.3. The van der Waals surface area contributed by atoms with E-state index in [0.717, 1.165) is 31.7 Å². The van der Waals surface area contributed by atoms with Crippen LogP contribution >= 0.6 is 0 Å². The highest BCUT2D eigenvalue weighted by molar-refractivity contribution is 5.85. The molecule has 0 saturated heterocycles. The van der Waals surface area contributed by atoms with E-state index in [4.69, 9.17) is 4.74 Å². The molecule has 0 atom stereocenters. The predicted molar refractivity (Wildman–Crippen MR) is 113 cm³/mol. The van der Waals surface area contributed by atoms with Crippen molar-refractivity contribution in [2.24, 2.45) is 0 Å². The van der Waals surface area contributed by atoms with Crippen molar-refractivity contribution >= 4 is 16.5 Å². The van der Waals surface area contributed by atoms with Crippen LogP contribution in [0.25, 0.3) is 16.5 Å². The fourth-order valence-electron chi connectivity index (χ4n) is 4.09. The number of fused-ring (bicyclic) bond motifs is 1. The molecule has 0 amide bonds. The van der Waals surface area contributed by atoms with Crippen LogP contribution in [-0.2, 0) is 6.42 Å². The molecule has 0 fully saturated rings. The lowest BCUT2D eigenvalue weighted by Crippen LogP contribution is -2.29. The number of benzene rings is 2. The molecule has 1 N–H and O–H groups in total. The van der Waals surface area contributed by atoms with Crippen LogP contribution in [0.3, 0.4) is 0 Å². The van der Waals surface area contributed by atoms with Gasteiger partial charge in [-0.05, 0) is 61.6 Å². The van der Waals surface area contributed by atoms with Gasteiger partial charge >= 0.3 is 0 Å². The molecule has 1 aliphatic heterocycles. The number of hydrogen-bond acceptors (Lipinski definition) is 2. The number of aryl methyl sites for hydroxylation is 1. The summed E-state index contributed by atoms with van der Waals surface area (Å²) in [4.78, 5) is 5.87. The van der Waals surface area contributed by atoms with Gasteiger partial charge in [0, 0.05) is 35.8 Å². The highest BCUT2D eigenvalue weighted by Gasteiger charge is 2.13. The van der Waals surface area contributed by atoms with Gasteiger partial charge in [0.15, 0.2) is 0 Å². The number of H-pyrrole nitrogens is 1. The van der Waals surface area contributed by atoms with Gasteiger partial charge in [-0.15, -0.1) is 0 Å². The van der Waals surface area contributed by atoms with Gasteiger partial charge in [0.2, 0.25) is 0 Å².